The molecule has 110 valence electrons. The maximum atomic E-state index is 10.7. The first-order chi connectivity index (χ1) is 8.45. The van der Waals surface area contributed by atoms with E-state index in [-0.39, 0.29) is 5.75 Å². The highest BCUT2D eigenvalue weighted by Gasteiger charge is 2.01. The van der Waals surface area contributed by atoms with Crippen molar-refractivity contribution < 1.29 is 13.2 Å². The Hall–Kier alpha value is -0.130. The van der Waals surface area contributed by atoms with E-state index in [2.05, 4.69) is 13.8 Å². The highest BCUT2D eigenvalue weighted by molar-refractivity contribution is 7.89. The number of unbranched alkanes of at least 4 members (excludes halogenated alkanes) is 6. The summed E-state index contributed by atoms with van der Waals surface area (Å²) in [6, 6.07) is 0. The summed E-state index contributed by atoms with van der Waals surface area (Å²) in [6.45, 7) is 5.10. The highest BCUT2D eigenvalue weighted by atomic mass is 32.2. The SMILES string of the molecule is CCC(C)OCCCCCCCCCS(N)(=O)=O. The molecule has 2 N–H and O–H groups in total. The molecule has 0 radical (unpaired) electrons. The standard InChI is InChI=1S/C13H29NO3S/c1-3-13(2)17-11-9-7-5-4-6-8-10-12-18(14,15)16/h13H,3-12H2,1-2H3,(H2,14,15,16). The summed E-state index contributed by atoms with van der Waals surface area (Å²) in [5.41, 5.74) is 0. The van der Waals surface area contributed by atoms with Crippen LogP contribution in [-0.2, 0) is 14.8 Å². The van der Waals surface area contributed by atoms with Gasteiger partial charge >= 0.3 is 0 Å². The largest absolute Gasteiger partial charge is 0.379 e. The van der Waals surface area contributed by atoms with Crippen molar-refractivity contribution in [1.82, 2.24) is 0 Å². The summed E-state index contributed by atoms with van der Waals surface area (Å²) in [4.78, 5) is 0. The smallest absolute Gasteiger partial charge is 0.209 e. The molecule has 4 nitrogen and oxygen atoms in total. The molecule has 0 aromatic heterocycles. The molecule has 0 fully saturated rings. The summed E-state index contributed by atoms with van der Waals surface area (Å²) in [5.74, 6) is 0.121. The molecule has 0 saturated heterocycles. The molecule has 1 unspecified atom stereocenters. The quantitative estimate of drug-likeness (QED) is 0.558. The van der Waals surface area contributed by atoms with Gasteiger partial charge < -0.3 is 4.74 Å². The third-order valence-corrected chi connectivity index (χ3v) is 3.91. The van der Waals surface area contributed by atoms with Crippen LogP contribution in [0, 0.1) is 0 Å². The van der Waals surface area contributed by atoms with E-state index in [1.165, 1.54) is 19.3 Å². The van der Waals surface area contributed by atoms with Crippen molar-refractivity contribution in [3.8, 4) is 0 Å². The first-order valence-corrected chi connectivity index (χ1v) is 8.79. The van der Waals surface area contributed by atoms with Crippen molar-refractivity contribution in [2.45, 2.75) is 71.3 Å². The lowest BCUT2D eigenvalue weighted by Gasteiger charge is -2.09. The Morgan fingerprint density at radius 2 is 1.50 bits per heavy atom. The average Bonchev–Trinajstić information content (AvgIpc) is 2.29. The molecular formula is C13H29NO3S. The molecule has 18 heavy (non-hydrogen) atoms. The lowest BCUT2D eigenvalue weighted by molar-refractivity contribution is 0.0608. The first kappa shape index (κ1) is 17.9. The van der Waals surface area contributed by atoms with Crippen LogP contribution < -0.4 is 5.14 Å². The molecule has 0 bridgehead atoms. The fourth-order valence-corrected chi connectivity index (χ4v) is 2.30. The second kappa shape index (κ2) is 10.8. The van der Waals surface area contributed by atoms with Crippen LogP contribution in [0.3, 0.4) is 0 Å². The number of hydrogen-bond acceptors (Lipinski definition) is 3. The van der Waals surface area contributed by atoms with Crippen molar-refractivity contribution in [2.24, 2.45) is 5.14 Å². The molecule has 0 aromatic carbocycles. The van der Waals surface area contributed by atoms with Crippen LogP contribution in [0.4, 0.5) is 0 Å². The normalized spacial score (nSPS) is 13.7. The minimum Gasteiger partial charge on any atom is -0.379 e. The van der Waals surface area contributed by atoms with Gasteiger partial charge in [-0.05, 0) is 26.2 Å². The lowest BCUT2D eigenvalue weighted by atomic mass is 10.1. The average molecular weight is 279 g/mol. The second-order valence-electron chi connectivity index (χ2n) is 4.93. The molecule has 5 heteroatoms. The summed E-state index contributed by atoms with van der Waals surface area (Å²) >= 11 is 0. The molecule has 0 aromatic rings. The van der Waals surface area contributed by atoms with Gasteiger partial charge in [-0.1, -0.05) is 39.0 Å². The van der Waals surface area contributed by atoms with Gasteiger partial charge in [0.25, 0.3) is 0 Å². The van der Waals surface area contributed by atoms with Crippen molar-refractivity contribution >= 4 is 10.0 Å². The molecular weight excluding hydrogens is 250 g/mol. The molecule has 0 aliphatic rings. The third kappa shape index (κ3) is 13.9. The van der Waals surface area contributed by atoms with E-state index in [0.717, 1.165) is 32.3 Å². The molecule has 0 saturated carbocycles. The van der Waals surface area contributed by atoms with Crippen LogP contribution in [0.5, 0.6) is 0 Å². The Morgan fingerprint density at radius 1 is 1.00 bits per heavy atom. The number of nitrogens with two attached hydrogens (primary N) is 1. The van der Waals surface area contributed by atoms with Gasteiger partial charge in [-0.15, -0.1) is 0 Å². The maximum absolute atomic E-state index is 10.7. The molecule has 0 spiro atoms. The Morgan fingerprint density at radius 3 is 2.00 bits per heavy atom. The van der Waals surface area contributed by atoms with Crippen LogP contribution >= 0.6 is 0 Å². The molecule has 0 rings (SSSR count). The van der Waals surface area contributed by atoms with E-state index >= 15 is 0 Å². The zero-order valence-electron chi connectivity index (χ0n) is 11.9. The van der Waals surface area contributed by atoms with Gasteiger partial charge in [-0.3, -0.25) is 0 Å². The van der Waals surface area contributed by atoms with Gasteiger partial charge in [0.15, 0.2) is 0 Å². The van der Waals surface area contributed by atoms with Crippen molar-refractivity contribution in [3.63, 3.8) is 0 Å². The molecule has 0 heterocycles. The zero-order valence-corrected chi connectivity index (χ0v) is 12.7. The topological polar surface area (TPSA) is 69.4 Å². The molecule has 0 amide bonds. The lowest BCUT2D eigenvalue weighted by Crippen LogP contribution is -2.16. The van der Waals surface area contributed by atoms with Gasteiger partial charge in [-0.2, -0.15) is 0 Å². The fraction of sp³-hybridized carbons (Fsp3) is 1.00. The first-order valence-electron chi connectivity index (χ1n) is 7.07. The summed E-state index contributed by atoms with van der Waals surface area (Å²) in [7, 11) is -3.26. The Bertz CT molecular complexity index is 278. The number of ether oxygens (including phenoxy) is 1. The van der Waals surface area contributed by atoms with Gasteiger partial charge in [-0.25, -0.2) is 13.6 Å². The summed E-state index contributed by atoms with van der Waals surface area (Å²) < 4.78 is 27.0. The van der Waals surface area contributed by atoms with Crippen molar-refractivity contribution in [1.29, 1.82) is 0 Å². The summed E-state index contributed by atoms with van der Waals surface area (Å²) in [5, 5.41) is 4.93. The molecule has 1 atom stereocenters. The van der Waals surface area contributed by atoms with E-state index < -0.39 is 10.0 Å². The Labute approximate surface area is 112 Å². The number of hydrogen-bond donors (Lipinski definition) is 1. The Balaban J connectivity index is 3.12. The van der Waals surface area contributed by atoms with E-state index in [4.69, 9.17) is 9.88 Å². The monoisotopic (exact) mass is 279 g/mol. The highest BCUT2D eigenvalue weighted by Crippen LogP contribution is 2.08. The second-order valence-corrected chi connectivity index (χ2v) is 6.67. The van der Waals surface area contributed by atoms with E-state index in [1.807, 2.05) is 0 Å². The van der Waals surface area contributed by atoms with Gasteiger partial charge in [0.2, 0.25) is 10.0 Å². The fourth-order valence-electron chi connectivity index (χ4n) is 1.69. The van der Waals surface area contributed by atoms with Crippen LogP contribution in [0.2, 0.25) is 0 Å². The van der Waals surface area contributed by atoms with Crippen LogP contribution in [-0.4, -0.2) is 26.9 Å². The van der Waals surface area contributed by atoms with E-state index in [0.29, 0.717) is 12.5 Å². The van der Waals surface area contributed by atoms with Gasteiger partial charge in [0.1, 0.15) is 0 Å². The van der Waals surface area contributed by atoms with E-state index in [1.54, 1.807) is 0 Å². The van der Waals surface area contributed by atoms with Crippen molar-refractivity contribution in [3.05, 3.63) is 0 Å². The number of sulfonamides is 1. The number of primary sulfonamides is 1. The van der Waals surface area contributed by atoms with Gasteiger partial charge in [0.05, 0.1) is 11.9 Å². The van der Waals surface area contributed by atoms with Crippen LogP contribution in [0.15, 0.2) is 0 Å². The Kier molecular flexibility index (Phi) is 10.7. The minimum absolute atomic E-state index is 0.121. The summed E-state index contributed by atoms with van der Waals surface area (Å²) in [6.07, 6.45) is 8.91. The van der Waals surface area contributed by atoms with Gasteiger partial charge in [0, 0.05) is 6.61 Å². The predicted octanol–water partition coefficient (Wildman–Crippen LogP) is 2.82. The third-order valence-electron chi connectivity index (χ3n) is 3.05. The predicted molar refractivity (Wildman–Crippen MR) is 76.0 cm³/mol. The molecule has 0 aliphatic heterocycles. The maximum Gasteiger partial charge on any atom is 0.209 e. The molecule has 0 aliphatic carbocycles. The van der Waals surface area contributed by atoms with Crippen LogP contribution in [0.25, 0.3) is 0 Å². The van der Waals surface area contributed by atoms with Crippen LogP contribution in [0.1, 0.15) is 65.2 Å². The zero-order chi connectivity index (χ0) is 13.9. The number of rotatable bonds is 12. The minimum atomic E-state index is -3.26. The van der Waals surface area contributed by atoms with Crippen molar-refractivity contribution in [2.75, 3.05) is 12.4 Å². The van der Waals surface area contributed by atoms with E-state index in [9.17, 15) is 8.42 Å².